The summed E-state index contributed by atoms with van der Waals surface area (Å²) in [6.45, 7) is 7.77. The molecule has 0 aromatic rings. The Bertz CT molecular complexity index is 234. The van der Waals surface area contributed by atoms with E-state index in [0.717, 1.165) is 12.8 Å². The first kappa shape index (κ1) is 14.9. The summed E-state index contributed by atoms with van der Waals surface area (Å²) in [5.41, 5.74) is 0. The molecule has 0 aliphatic rings. The molecule has 4 heteroatoms. The summed E-state index contributed by atoms with van der Waals surface area (Å²) in [5.74, 6) is -0.766. The van der Waals surface area contributed by atoms with Crippen LogP contribution < -0.4 is 5.32 Å². The number of amides is 1. The Morgan fingerprint density at radius 1 is 1.19 bits per heavy atom. The molecule has 0 aliphatic carbocycles. The van der Waals surface area contributed by atoms with E-state index in [4.69, 9.17) is 5.11 Å². The summed E-state index contributed by atoms with van der Waals surface area (Å²) in [6.07, 6.45) is 1.57. The number of nitrogens with one attached hydrogen (secondary N) is 1. The van der Waals surface area contributed by atoms with Gasteiger partial charge in [-0.05, 0) is 18.8 Å². The molecule has 2 N–H and O–H groups in total. The molecule has 0 heterocycles. The lowest BCUT2D eigenvalue weighted by molar-refractivity contribution is -0.138. The molecule has 0 aliphatic heterocycles. The number of hydrogen-bond donors (Lipinski definition) is 2. The van der Waals surface area contributed by atoms with Crippen LogP contribution in [0, 0.1) is 11.8 Å². The van der Waals surface area contributed by atoms with E-state index in [-0.39, 0.29) is 30.2 Å². The zero-order valence-corrected chi connectivity index (χ0v) is 10.6. The maximum absolute atomic E-state index is 11.8. The van der Waals surface area contributed by atoms with Gasteiger partial charge in [-0.2, -0.15) is 0 Å². The first-order valence-corrected chi connectivity index (χ1v) is 5.94. The van der Waals surface area contributed by atoms with Crippen molar-refractivity contribution in [3.05, 3.63) is 0 Å². The Morgan fingerprint density at radius 3 is 2.00 bits per heavy atom. The summed E-state index contributed by atoms with van der Waals surface area (Å²) in [7, 11) is 0. The average Bonchev–Trinajstić information content (AvgIpc) is 2.17. The Balaban J connectivity index is 4.38. The topological polar surface area (TPSA) is 66.4 Å². The summed E-state index contributed by atoms with van der Waals surface area (Å²) in [4.78, 5) is 22.5. The van der Waals surface area contributed by atoms with E-state index in [1.165, 1.54) is 0 Å². The molecule has 0 spiro atoms. The first-order chi connectivity index (χ1) is 7.42. The summed E-state index contributed by atoms with van der Waals surface area (Å²) >= 11 is 0. The van der Waals surface area contributed by atoms with Crippen LogP contribution in [0.3, 0.4) is 0 Å². The number of aliphatic carboxylic acids is 1. The maximum Gasteiger partial charge on any atom is 0.305 e. The summed E-state index contributed by atoms with van der Waals surface area (Å²) in [5, 5.41) is 11.6. The summed E-state index contributed by atoms with van der Waals surface area (Å²) < 4.78 is 0. The highest BCUT2D eigenvalue weighted by Gasteiger charge is 2.22. The van der Waals surface area contributed by atoms with Gasteiger partial charge in [0.25, 0.3) is 0 Å². The Labute approximate surface area is 97.4 Å². The van der Waals surface area contributed by atoms with Gasteiger partial charge in [0.15, 0.2) is 0 Å². The smallest absolute Gasteiger partial charge is 0.305 e. The van der Waals surface area contributed by atoms with Crippen LogP contribution in [0.1, 0.15) is 47.0 Å². The highest BCUT2D eigenvalue weighted by molar-refractivity contribution is 5.79. The Hall–Kier alpha value is -1.06. The van der Waals surface area contributed by atoms with Gasteiger partial charge in [0.2, 0.25) is 5.91 Å². The third-order valence-electron chi connectivity index (χ3n) is 2.88. The van der Waals surface area contributed by atoms with Crippen LogP contribution in [0.2, 0.25) is 0 Å². The van der Waals surface area contributed by atoms with Crippen molar-refractivity contribution in [3.8, 4) is 0 Å². The first-order valence-electron chi connectivity index (χ1n) is 5.94. The lowest BCUT2D eigenvalue weighted by Gasteiger charge is -2.23. The average molecular weight is 229 g/mol. The Morgan fingerprint density at radius 2 is 1.69 bits per heavy atom. The van der Waals surface area contributed by atoms with Crippen molar-refractivity contribution in [2.45, 2.75) is 53.0 Å². The number of hydrogen-bond acceptors (Lipinski definition) is 2. The summed E-state index contributed by atoms with van der Waals surface area (Å²) in [6, 6.07) is -0.273. The molecule has 1 amide bonds. The van der Waals surface area contributed by atoms with Gasteiger partial charge in [-0.15, -0.1) is 0 Å². The van der Waals surface area contributed by atoms with E-state index in [2.05, 4.69) is 5.32 Å². The largest absolute Gasteiger partial charge is 0.481 e. The third kappa shape index (κ3) is 5.14. The second-order valence-electron chi connectivity index (χ2n) is 4.47. The van der Waals surface area contributed by atoms with Gasteiger partial charge < -0.3 is 10.4 Å². The standard InChI is InChI=1S/C12H23NO3/c1-5-9(6-2)12(16)13-10(8(3)4)7-11(14)15/h8-10H,5-7H2,1-4H3,(H,13,16)(H,14,15). The molecule has 0 radical (unpaired) electrons. The van der Waals surface area contributed by atoms with Gasteiger partial charge in [-0.1, -0.05) is 27.7 Å². The SMILES string of the molecule is CCC(CC)C(=O)NC(CC(=O)O)C(C)C. The van der Waals surface area contributed by atoms with Gasteiger partial charge in [-0.25, -0.2) is 0 Å². The van der Waals surface area contributed by atoms with Crippen LogP contribution in [0.5, 0.6) is 0 Å². The number of carboxylic acid groups (broad SMARTS) is 1. The molecule has 0 aromatic heterocycles. The monoisotopic (exact) mass is 229 g/mol. The van der Waals surface area contributed by atoms with Gasteiger partial charge in [0, 0.05) is 12.0 Å². The zero-order chi connectivity index (χ0) is 12.7. The highest BCUT2D eigenvalue weighted by Crippen LogP contribution is 2.11. The van der Waals surface area contributed by atoms with Crippen molar-refractivity contribution >= 4 is 11.9 Å². The number of carboxylic acids is 1. The van der Waals surface area contributed by atoms with Crippen LogP contribution in [-0.2, 0) is 9.59 Å². The molecule has 0 bridgehead atoms. The van der Waals surface area contributed by atoms with Crippen molar-refractivity contribution in [2.24, 2.45) is 11.8 Å². The van der Waals surface area contributed by atoms with Crippen LogP contribution in [-0.4, -0.2) is 23.0 Å². The molecule has 0 fully saturated rings. The highest BCUT2D eigenvalue weighted by atomic mass is 16.4. The van der Waals surface area contributed by atoms with Crippen molar-refractivity contribution in [3.63, 3.8) is 0 Å². The van der Waals surface area contributed by atoms with Crippen LogP contribution in [0.25, 0.3) is 0 Å². The van der Waals surface area contributed by atoms with Crippen LogP contribution in [0.4, 0.5) is 0 Å². The van der Waals surface area contributed by atoms with E-state index >= 15 is 0 Å². The molecule has 1 atom stereocenters. The quantitative estimate of drug-likeness (QED) is 0.702. The van der Waals surface area contributed by atoms with Crippen molar-refractivity contribution < 1.29 is 14.7 Å². The van der Waals surface area contributed by atoms with Gasteiger partial charge in [0.1, 0.15) is 0 Å². The molecule has 1 unspecified atom stereocenters. The van der Waals surface area contributed by atoms with Crippen LogP contribution >= 0.6 is 0 Å². The third-order valence-corrected chi connectivity index (χ3v) is 2.88. The van der Waals surface area contributed by atoms with Gasteiger partial charge >= 0.3 is 5.97 Å². The predicted octanol–water partition coefficient (Wildman–Crippen LogP) is 2.04. The fraction of sp³-hybridized carbons (Fsp3) is 0.833. The molecule has 16 heavy (non-hydrogen) atoms. The van der Waals surface area contributed by atoms with E-state index in [1.54, 1.807) is 0 Å². The number of carbonyl (C=O) groups is 2. The minimum atomic E-state index is -0.872. The predicted molar refractivity (Wildman–Crippen MR) is 63.1 cm³/mol. The Kier molecular flexibility index (Phi) is 6.77. The van der Waals surface area contributed by atoms with Crippen molar-refractivity contribution in [2.75, 3.05) is 0 Å². The van der Waals surface area contributed by atoms with Gasteiger partial charge in [-0.3, -0.25) is 9.59 Å². The zero-order valence-electron chi connectivity index (χ0n) is 10.6. The van der Waals surface area contributed by atoms with Crippen LogP contribution in [0.15, 0.2) is 0 Å². The maximum atomic E-state index is 11.8. The normalized spacial score (nSPS) is 12.9. The lowest BCUT2D eigenvalue weighted by Crippen LogP contribution is -2.42. The van der Waals surface area contributed by atoms with E-state index < -0.39 is 5.97 Å². The molecular formula is C12H23NO3. The second-order valence-corrected chi connectivity index (χ2v) is 4.47. The molecule has 0 rings (SSSR count). The molecule has 0 saturated carbocycles. The molecular weight excluding hydrogens is 206 g/mol. The lowest BCUT2D eigenvalue weighted by atomic mass is 9.97. The minimum absolute atomic E-state index is 0.00459. The van der Waals surface area contributed by atoms with Crippen molar-refractivity contribution in [1.29, 1.82) is 0 Å². The molecule has 0 aromatic carbocycles. The second kappa shape index (κ2) is 7.25. The fourth-order valence-electron chi connectivity index (χ4n) is 1.60. The number of rotatable bonds is 7. The van der Waals surface area contributed by atoms with E-state index in [1.807, 2.05) is 27.7 Å². The number of carbonyl (C=O) groups excluding carboxylic acids is 1. The minimum Gasteiger partial charge on any atom is -0.481 e. The molecule has 0 saturated heterocycles. The molecule has 4 nitrogen and oxygen atoms in total. The molecule has 94 valence electrons. The fourth-order valence-corrected chi connectivity index (χ4v) is 1.60. The van der Waals surface area contributed by atoms with E-state index in [0.29, 0.717) is 0 Å². The van der Waals surface area contributed by atoms with Crippen molar-refractivity contribution in [1.82, 2.24) is 5.32 Å². The van der Waals surface area contributed by atoms with E-state index in [9.17, 15) is 9.59 Å². The van der Waals surface area contributed by atoms with Gasteiger partial charge in [0.05, 0.1) is 6.42 Å².